The number of nitrogens with one attached hydrogen (secondary N) is 1. The minimum atomic E-state index is -0.158. The fourth-order valence-corrected chi connectivity index (χ4v) is 3.76. The lowest BCUT2D eigenvalue weighted by Gasteiger charge is -2.32. The van der Waals surface area contributed by atoms with E-state index >= 15 is 0 Å². The molecule has 1 fully saturated rings. The van der Waals surface area contributed by atoms with Crippen LogP contribution in [0.25, 0.3) is 10.8 Å². The number of aromatic nitrogens is 1. The number of carbonyl (C=O) groups excluding carboxylic acids is 2. The maximum absolute atomic E-state index is 12.7. The molecule has 0 aliphatic carbocycles. The van der Waals surface area contributed by atoms with Crippen molar-refractivity contribution in [2.45, 2.75) is 32.4 Å². The van der Waals surface area contributed by atoms with E-state index in [1.807, 2.05) is 24.3 Å². The number of aryl methyl sites for hydroxylation is 1. The first-order chi connectivity index (χ1) is 14.0. The zero-order chi connectivity index (χ0) is 20.4. The van der Waals surface area contributed by atoms with Crippen molar-refractivity contribution in [2.24, 2.45) is 0 Å². The highest BCUT2D eigenvalue weighted by atomic mass is 16.3. The number of rotatable bonds is 4. The number of nitrogens with zero attached hydrogens (tertiary/aromatic N) is 2. The quantitative estimate of drug-likeness (QED) is 0.737. The first-order valence-corrected chi connectivity index (χ1v) is 9.74. The number of benzene rings is 1. The van der Waals surface area contributed by atoms with Gasteiger partial charge in [0, 0.05) is 30.7 Å². The van der Waals surface area contributed by atoms with Crippen LogP contribution in [-0.2, 0) is 11.3 Å². The molecule has 0 radical (unpaired) electrons. The molecule has 1 aliphatic rings. The summed E-state index contributed by atoms with van der Waals surface area (Å²) in [7, 11) is 0. The second-order valence-electron chi connectivity index (χ2n) is 7.36. The van der Waals surface area contributed by atoms with Gasteiger partial charge in [-0.15, -0.1) is 0 Å². The van der Waals surface area contributed by atoms with Crippen molar-refractivity contribution in [2.75, 3.05) is 13.1 Å². The number of pyridine rings is 1. The molecule has 3 aromatic rings. The van der Waals surface area contributed by atoms with E-state index in [-0.39, 0.29) is 30.0 Å². The van der Waals surface area contributed by atoms with Gasteiger partial charge in [-0.05, 0) is 43.4 Å². The van der Waals surface area contributed by atoms with Crippen LogP contribution in [0.4, 0.5) is 0 Å². The van der Waals surface area contributed by atoms with Crippen LogP contribution in [0.2, 0.25) is 0 Å². The van der Waals surface area contributed by atoms with Crippen LogP contribution in [0.1, 0.15) is 29.0 Å². The summed E-state index contributed by atoms with van der Waals surface area (Å²) in [6.07, 6.45) is 4.53. The highest BCUT2D eigenvalue weighted by Crippen LogP contribution is 2.14. The molecule has 4 rings (SSSR count). The fourth-order valence-electron chi connectivity index (χ4n) is 3.76. The van der Waals surface area contributed by atoms with Crippen molar-refractivity contribution in [1.82, 2.24) is 14.8 Å². The van der Waals surface area contributed by atoms with Gasteiger partial charge in [-0.25, -0.2) is 0 Å². The van der Waals surface area contributed by atoms with Crippen molar-refractivity contribution in [3.05, 3.63) is 70.5 Å². The predicted octanol–water partition coefficient (Wildman–Crippen LogP) is 2.32. The number of piperidine rings is 1. The Morgan fingerprint density at radius 1 is 1.14 bits per heavy atom. The van der Waals surface area contributed by atoms with Crippen molar-refractivity contribution < 1.29 is 14.0 Å². The third kappa shape index (κ3) is 3.94. The van der Waals surface area contributed by atoms with Gasteiger partial charge in [0.2, 0.25) is 5.91 Å². The molecule has 7 nitrogen and oxygen atoms in total. The van der Waals surface area contributed by atoms with Crippen molar-refractivity contribution in [3.63, 3.8) is 0 Å². The van der Waals surface area contributed by atoms with E-state index in [4.69, 9.17) is 4.42 Å². The third-order valence-corrected chi connectivity index (χ3v) is 5.48. The second-order valence-corrected chi connectivity index (χ2v) is 7.36. The number of hydrogen-bond acceptors (Lipinski definition) is 4. The average molecular weight is 393 g/mol. The molecule has 0 bridgehead atoms. The summed E-state index contributed by atoms with van der Waals surface area (Å²) in [5.74, 6) is 0.359. The van der Waals surface area contributed by atoms with Gasteiger partial charge in [0.15, 0.2) is 0 Å². The fraction of sp³-hybridized carbons (Fsp3) is 0.318. The minimum Gasteiger partial charge on any atom is -0.469 e. The Balaban J connectivity index is 1.35. The van der Waals surface area contributed by atoms with Crippen molar-refractivity contribution in [3.8, 4) is 0 Å². The Hall–Kier alpha value is -3.35. The summed E-state index contributed by atoms with van der Waals surface area (Å²) >= 11 is 0. The minimum absolute atomic E-state index is 0.0178. The largest absolute Gasteiger partial charge is 0.469 e. The number of fused-ring (bicyclic) bond motifs is 1. The Bertz CT molecular complexity index is 1110. The zero-order valence-corrected chi connectivity index (χ0v) is 16.3. The van der Waals surface area contributed by atoms with Gasteiger partial charge in [0.25, 0.3) is 11.5 Å². The second kappa shape index (κ2) is 7.95. The van der Waals surface area contributed by atoms with Crippen LogP contribution in [0, 0.1) is 6.92 Å². The molecule has 1 aliphatic heterocycles. The summed E-state index contributed by atoms with van der Waals surface area (Å²) in [6, 6.07) is 10.9. The SMILES string of the molecule is Cc1occc1C(=O)NC1CCN(C(=O)Cn2ccc3ccccc3c2=O)CC1. The summed E-state index contributed by atoms with van der Waals surface area (Å²) in [6.45, 7) is 2.88. The summed E-state index contributed by atoms with van der Waals surface area (Å²) < 4.78 is 6.63. The maximum Gasteiger partial charge on any atom is 0.258 e. The summed E-state index contributed by atoms with van der Waals surface area (Å²) in [4.78, 5) is 39.3. The van der Waals surface area contributed by atoms with E-state index in [2.05, 4.69) is 5.32 Å². The van der Waals surface area contributed by atoms with E-state index < -0.39 is 0 Å². The van der Waals surface area contributed by atoms with Crippen LogP contribution in [0.5, 0.6) is 0 Å². The Morgan fingerprint density at radius 2 is 1.90 bits per heavy atom. The molecule has 1 saturated heterocycles. The molecule has 0 spiro atoms. The van der Waals surface area contributed by atoms with E-state index in [1.165, 1.54) is 10.8 Å². The normalized spacial score (nSPS) is 14.9. The van der Waals surface area contributed by atoms with Gasteiger partial charge in [-0.2, -0.15) is 0 Å². The topological polar surface area (TPSA) is 84.6 Å². The van der Waals surface area contributed by atoms with Crippen LogP contribution in [0.15, 0.2) is 58.1 Å². The average Bonchev–Trinajstić information content (AvgIpc) is 3.17. The molecule has 150 valence electrons. The molecule has 2 amide bonds. The van der Waals surface area contributed by atoms with Gasteiger partial charge in [0.1, 0.15) is 12.3 Å². The van der Waals surface area contributed by atoms with Crippen LogP contribution >= 0.6 is 0 Å². The Kier molecular flexibility index (Phi) is 5.20. The molecule has 0 atom stereocenters. The van der Waals surface area contributed by atoms with E-state index in [0.29, 0.717) is 42.6 Å². The molecule has 0 unspecified atom stereocenters. The standard InChI is InChI=1S/C22H23N3O4/c1-15-18(9-13-29-15)21(27)23-17-7-11-24(12-8-17)20(26)14-25-10-6-16-4-2-3-5-19(16)22(25)28/h2-6,9-10,13,17H,7-8,11-12,14H2,1H3,(H,23,27). The summed E-state index contributed by atoms with van der Waals surface area (Å²) in [5.41, 5.74) is 0.383. The molecule has 1 aromatic carbocycles. The van der Waals surface area contributed by atoms with Crippen molar-refractivity contribution in [1.29, 1.82) is 0 Å². The number of amides is 2. The number of carbonyl (C=O) groups is 2. The highest BCUT2D eigenvalue weighted by Gasteiger charge is 2.25. The molecular weight excluding hydrogens is 370 g/mol. The Labute approximate surface area is 167 Å². The van der Waals surface area contributed by atoms with Gasteiger partial charge in [-0.1, -0.05) is 18.2 Å². The highest BCUT2D eigenvalue weighted by molar-refractivity contribution is 5.95. The molecular formula is C22H23N3O4. The molecule has 0 saturated carbocycles. The lowest BCUT2D eigenvalue weighted by atomic mass is 10.0. The maximum atomic E-state index is 12.7. The van der Waals surface area contributed by atoms with Gasteiger partial charge >= 0.3 is 0 Å². The van der Waals surface area contributed by atoms with E-state index in [0.717, 1.165) is 5.39 Å². The molecule has 1 N–H and O–H groups in total. The lowest BCUT2D eigenvalue weighted by Crippen LogP contribution is -2.47. The zero-order valence-electron chi connectivity index (χ0n) is 16.3. The summed E-state index contributed by atoms with van der Waals surface area (Å²) in [5, 5.41) is 4.48. The van der Waals surface area contributed by atoms with Crippen LogP contribution in [-0.4, -0.2) is 40.4 Å². The molecule has 29 heavy (non-hydrogen) atoms. The number of hydrogen-bond donors (Lipinski definition) is 1. The third-order valence-electron chi connectivity index (χ3n) is 5.48. The van der Waals surface area contributed by atoms with Gasteiger partial charge < -0.3 is 19.2 Å². The number of furan rings is 1. The predicted molar refractivity (Wildman–Crippen MR) is 109 cm³/mol. The molecule has 2 aromatic heterocycles. The first kappa shape index (κ1) is 19.0. The monoisotopic (exact) mass is 393 g/mol. The molecule has 7 heteroatoms. The first-order valence-electron chi connectivity index (χ1n) is 9.74. The van der Waals surface area contributed by atoms with E-state index in [9.17, 15) is 14.4 Å². The van der Waals surface area contributed by atoms with E-state index in [1.54, 1.807) is 30.2 Å². The lowest BCUT2D eigenvalue weighted by molar-refractivity contribution is -0.132. The molecule has 3 heterocycles. The smallest absolute Gasteiger partial charge is 0.258 e. The van der Waals surface area contributed by atoms with Crippen LogP contribution in [0.3, 0.4) is 0 Å². The van der Waals surface area contributed by atoms with Gasteiger partial charge in [-0.3, -0.25) is 14.4 Å². The number of likely N-dealkylation sites (tertiary alicyclic amines) is 1. The Morgan fingerprint density at radius 3 is 2.62 bits per heavy atom. The van der Waals surface area contributed by atoms with Crippen LogP contribution < -0.4 is 10.9 Å². The van der Waals surface area contributed by atoms with Gasteiger partial charge in [0.05, 0.1) is 11.8 Å². The van der Waals surface area contributed by atoms with Crippen molar-refractivity contribution >= 4 is 22.6 Å².